The summed E-state index contributed by atoms with van der Waals surface area (Å²) in [6.45, 7) is 5.55. The molecule has 2 aromatic heterocycles. The van der Waals surface area contributed by atoms with Crippen molar-refractivity contribution in [3.63, 3.8) is 0 Å². The number of carbonyl (C=O) groups excluding carboxylic acids is 1. The molecule has 0 radical (unpaired) electrons. The molecule has 3 rings (SSSR count). The minimum atomic E-state index is -0.0450. The molecule has 1 aliphatic rings. The largest absolute Gasteiger partial charge is 0.339 e. The van der Waals surface area contributed by atoms with Crippen molar-refractivity contribution in [3.8, 4) is 0 Å². The van der Waals surface area contributed by atoms with E-state index in [0.29, 0.717) is 17.5 Å². The molecule has 122 valence electrons. The predicted molar refractivity (Wildman–Crippen MR) is 82.8 cm³/mol. The molecule has 0 N–H and O–H groups in total. The lowest BCUT2D eigenvalue weighted by molar-refractivity contribution is 0.0681. The molecule has 0 bridgehead atoms. The van der Waals surface area contributed by atoms with Gasteiger partial charge < -0.3 is 9.42 Å². The third kappa shape index (κ3) is 3.72. The average molecular weight is 315 g/mol. The molecular formula is C16H21N5O2. The summed E-state index contributed by atoms with van der Waals surface area (Å²) in [6, 6.07) is 0. The van der Waals surface area contributed by atoms with Crippen LogP contribution >= 0.6 is 0 Å². The van der Waals surface area contributed by atoms with E-state index in [0.717, 1.165) is 38.2 Å². The third-order valence-electron chi connectivity index (χ3n) is 4.15. The van der Waals surface area contributed by atoms with Crippen LogP contribution in [0, 0.1) is 5.92 Å². The van der Waals surface area contributed by atoms with Gasteiger partial charge in [0.05, 0.1) is 6.20 Å². The molecule has 0 unspecified atom stereocenters. The zero-order chi connectivity index (χ0) is 16.2. The maximum atomic E-state index is 12.3. The molecule has 7 heteroatoms. The number of likely N-dealkylation sites (tertiary alicyclic amines) is 1. The summed E-state index contributed by atoms with van der Waals surface area (Å²) >= 11 is 0. The zero-order valence-electron chi connectivity index (χ0n) is 13.5. The number of aromatic nitrogens is 4. The van der Waals surface area contributed by atoms with Crippen molar-refractivity contribution in [1.82, 2.24) is 25.0 Å². The molecule has 23 heavy (non-hydrogen) atoms. The first-order valence-corrected chi connectivity index (χ1v) is 8.01. The van der Waals surface area contributed by atoms with Gasteiger partial charge in [-0.3, -0.25) is 9.78 Å². The van der Waals surface area contributed by atoms with E-state index in [1.54, 1.807) is 12.4 Å². The van der Waals surface area contributed by atoms with Gasteiger partial charge in [0.2, 0.25) is 5.89 Å². The van der Waals surface area contributed by atoms with Crippen LogP contribution in [0.15, 0.2) is 23.1 Å². The van der Waals surface area contributed by atoms with Crippen molar-refractivity contribution in [2.45, 2.75) is 39.0 Å². The van der Waals surface area contributed by atoms with Gasteiger partial charge in [-0.15, -0.1) is 0 Å². The van der Waals surface area contributed by atoms with Crippen molar-refractivity contribution >= 4 is 5.91 Å². The SMILES string of the molecule is CC(C)c1noc(CC2CCN(C(=O)c3cnccn3)CC2)n1. The predicted octanol–water partition coefficient (Wildman–Crippen LogP) is 2.08. The first-order chi connectivity index (χ1) is 11.1. The van der Waals surface area contributed by atoms with E-state index >= 15 is 0 Å². The van der Waals surface area contributed by atoms with Gasteiger partial charge in [0, 0.05) is 37.8 Å². The monoisotopic (exact) mass is 315 g/mol. The van der Waals surface area contributed by atoms with Crippen molar-refractivity contribution in [3.05, 3.63) is 36.0 Å². The van der Waals surface area contributed by atoms with Gasteiger partial charge in [-0.05, 0) is 18.8 Å². The Morgan fingerprint density at radius 3 is 2.74 bits per heavy atom. The second-order valence-corrected chi connectivity index (χ2v) is 6.23. The summed E-state index contributed by atoms with van der Waals surface area (Å²) in [5.41, 5.74) is 0.407. The van der Waals surface area contributed by atoms with Crippen LogP contribution in [-0.4, -0.2) is 44.0 Å². The lowest BCUT2D eigenvalue weighted by atomic mass is 9.93. The number of carbonyl (C=O) groups is 1. The molecule has 2 aromatic rings. The number of hydrogen-bond donors (Lipinski definition) is 0. The van der Waals surface area contributed by atoms with Gasteiger partial charge in [0.25, 0.3) is 5.91 Å². The van der Waals surface area contributed by atoms with Crippen LogP contribution in [-0.2, 0) is 6.42 Å². The first kappa shape index (κ1) is 15.6. The fourth-order valence-corrected chi connectivity index (χ4v) is 2.74. The summed E-state index contributed by atoms with van der Waals surface area (Å²) < 4.78 is 5.31. The summed E-state index contributed by atoms with van der Waals surface area (Å²) in [7, 11) is 0. The number of nitrogens with zero attached hydrogens (tertiary/aromatic N) is 5. The Bertz CT molecular complexity index is 648. The van der Waals surface area contributed by atoms with Crippen molar-refractivity contribution in [2.75, 3.05) is 13.1 Å². The summed E-state index contributed by atoms with van der Waals surface area (Å²) in [5, 5.41) is 4.00. The molecule has 0 spiro atoms. The average Bonchev–Trinajstić information content (AvgIpc) is 3.04. The topological polar surface area (TPSA) is 85.0 Å². The molecule has 0 atom stereocenters. The van der Waals surface area contributed by atoms with E-state index < -0.39 is 0 Å². The second kappa shape index (κ2) is 6.85. The second-order valence-electron chi connectivity index (χ2n) is 6.23. The molecule has 1 saturated heterocycles. The Kier molecular flexibility index (Phi) is 4.64. The molecule has 0 aliphatic carbocycles. The Morgan fingerprint density at radius 1 is 1.35 bits per heavy atom. The lowest BCUT2D eigenvalue weighted by Gasteiger charge is -2.31. The summed E-state index contributed by atoms with van der Waals surface area (Å²) in [5.74, 6) is 2.17. The van der Waals surface area contributed by atoms with Crippen LogP contribution in [0.1, 0.15) is 54.8 Å². The van der Waals surface area contributed by atoms with E-state index in [1.807, 2.05) is 18.7 Å². The zero-order valence-corrected chi connectivity index (χ0v) is 13.5. The molecule has 1 aliphatic heterocycles. The van der Waals surface area contributed by atoms with Crippen molar-refractivity contribution in [1.29, 1.82) is 0 Å². The highest BCUT2D eigenvalue weighted by molar-refractivity contribution is 5.91. The minimum absolute atomic E-state index is 0.0450. The summed E-state index contributed by atoms with van der Waals surface area (Å²) in [6.07, 6.45) is 7.28. The van der Waals surface area contributed by atoms with E-state index in [1.165, 1.54) is 6.20 Å². The lowest BCUT2D eigenvalue weighted by Crippen LogP contribution is -2.39. The number of piperidine rings is 1. The van der Waals surface area contributed by atoms with Crippen molar-refractivity contribution < 1.29 is 9.32 Å². The normalized spacial score (nSPS) is 16.0. The van der Waals surface area contributed by atoms with E-state index in [2.05, 4.69) is 20.1 Å². The Balaban J connectivity index is 1.53. The van der Waals surface area contributed by atoms with Gasteiger partial charge in [-0.25, -0.2) is 4.98 Å². The van der Waals surface area contributed by atoms with Crippen LogP contribution in [0.3, 0.4) is 0 Å². The number of amides is 1. The van der Waals surface area contributed by atoms with Gasteiger partial charge in [0.15, 0.2) is 5.82 Å². The first-order valence-electron chi connectivity index (χ1n) is 8.01. The fraction of sp³-hybridized carbons (Fsp3) is 0.562. The molecule has 1 fully saturated rings. The molecule has 7 nitrogen and oxygen atoms in total. The highest BCUT2D eigenvalue weighted by Crippen LogP contribution is 2.22. The Labute approximate surface area is 135 Å². The third-order valence-corrected chi connectivity index (χ3v) is 4.15. The van der Waals surface area contributed by atoms with Crippen molar-refractivity contribution in [2.24, 2.45) is 5.92 Å². The minimum Gasteiger partial charge on any atom is -0.339 e. The van der Waals surface area contributed by atoms with Crippen LogP contribution < -0.4 is 0 Å². The quantitative estimate of drug-likeness (QED) is 0.858. The fourth-order valence-electron chi connectivity index (χ4n) is 2.74. The van der Waals surface area contributed by atoms with E-state index in [4.69, 9.17) is 4.52 Å². The van der Waals surface area contributed by atoms with Gasteiger partial charge in [-0.1, -0.05) is 19.0 Å². The van der Waals surface area contributed by atoms with E-state index in [9.17, 15) is 4.79 Å². The van der Waals surface area contributed by atoms with E-state index in [-0.39, 0.29) is 11.8 Å². The number of rotatable bonds is 4. The highest BCUT2D eigenvalue weighted by atomic mass is 16.5. The molecule has 0 aromatic carbocycles. The van der Waals surface area contributed by atoms with Crippen LogP contribution in [0.4, 0.5) is 0 Å². The van der Waals surface area contributed by atoms with Crippen LogP contribution in [0.25, 0.3) is 0 Å². The molecule has 1 amide bonds. The molecular weight excluding hydrogens is 294 g/mol. The Hall–Kier alpha value is -2.31. The molecule has 3 heterocycles. The van der Waals surface area contributed by atoms with Gasteiger partial charge >= 0.3 is 0 Å². The summed E-state index contributed by atoms with van der Waals surface area (Å²) in [4.78, 5) is 26.6. The number of hydrogen-bond acceptors (Lipinski definition) is 6. The van der Waals surface area contributed by atoms with Crippen LogP contribution in [0.5, 0.6) is 0 Å². The van der Waals surface area contributed by atoms with Gasteiger partial charge in [0.1, 0.15) is 5.69 Å². The highest BCUT2D eigenvalue weighted by Gasteiger charge is 2.26. The smallest absolute Gasteiger partial charge is 0.274 e. The maximum Gasteiger partial charge on any atom is 0.274 e. The molecule has 0 saturated carbocycles. The van der Waals surface area contributed by atoms with Gasteiger partial charge in [-0.2, -0.15) is 4.98 Å². The maximum absolute atomic E-state index is 12.3. The standard InChI is InChI=1S/C16H21N5O2/c1-11(2)15-19-14(23-20-15)9-12-3-7-21(8-4-12)16(22)13-10-17-5-6-18-13/h5-6,10-12H,3-4,7-9H2,1-2H3. The van der Waals surface area contributed by atoms with Crippen LogP contribution in [0.2, 0.25) is 0 Å². The Morgan fingerprint density at radius 2 is 2.13 bits per heavy atom.